The summed E-state index contributed by atoms with van der Waals surface area (Å²) in [6, 6.07) is 6.31. The van der Waals surface area contributed by atoms with Gasteiger partial charge < -0.3 is 5.32 Å². The molecule has 2 heterocycles. The van der Waals surface area contributed by atoms with Crippen LogP contribution in [0.15, 0.2) is 24.5 Å². The SMILES string of the molecule is Cc1cc(C)cc(Nc2ncnc3c(C)[nH]nc23)c1. The van der Waals surface area contributed by atoms with E-state index in [0.717, 1.165) is 28.2 Å². The molecular formula is C14H15N5. The Balaban J connectivity index is 2.05. The Kier molecular flexibility index (Phi) is 2.67. The molecule has 3 aromatic rings. The van der Waals surface area contributed by atoms with Crippen molar-refractivity contribution in [3.8, 4) is 0 Å². The quantitative estimate of drug-likeness (QED) is 0.736. The number of benzene rings is 1. The van der Waals surface area contributed by atoms with Gasteiger partial charge in [-0.15, -0.1) is 0 Å². The van der Waals surface area contributed by atoms with Crippen LogP contribution in [0, 0.1) is 20.8 Å². The van der Waals surface area contributed by atoms with Crippen molar-refractivity contribution in [3.05, 3.63) is 41.3 Å². The molecule has 0 bridgehead atoms. The lowest BCUT2D eigenvalue weighted by atomic mass is 10.1. The van der Waals surface area contributed by atoms with Gasteiger partial charge in [-0.3, -0.25) is 5.10 Å². The lowest BCUT2D eigenvalue weighted by molar-refractivity contribution is 1.07. The first kappa shape index (κ1) is 11.6. The third-order valence-corrected chi connectivity index (χ3v) is 3.00. The number of hydrogen-bond acceptors (Lipinski definition) is 4. The molecule has 5 heteroatoms. The zero-order valence-electron chi connectivity index (χ0n) is 11.2. The molecule has 0 radical (unpaired) electrons. The number of aromatic nitrogens is 4. The maximum atomic E-state index is 4.27. The van der Waals surface area contributed by atoms with E-state index >= 15 is 0 Å². The van der Waals surface area contributed by atoms with Crippen LogP contribution in [-0.2, 0) is 0 Å². The summed E-state index contributed by atoms with van der Waals surface area (Å²) in [6.45, 7) is 6.10. The Bertz CT molecular complexity index is 724. The van der Waals surface area contributed by atoms with Crippen LogP contribution in [0.2, 0.25) is 0 Å². The highest BCUT2D eigenvalue weighted by Gasteiger charge is 2.09. The lowest BCUT2D eigenvalue weighted by Crippen LogP contribution is -1.96. The van der Waals surface area contributed by atoms with Gasteiger partial charge in [0.1, 0.15) is 11.8 Å². The summed E-state index contributed by atoms with van der Waals surface area (Å²) >= 11 is 0. The lowest BCUT2D eigenvalue weighted by Gasteiger charge is -2.07. The number of nitrogens with zero attached hydrogens (tertiary/aromatic N) is 3. The summed E-state index contributed by atoms with van der Waals surface area (Å²) in [4.78, 5) is 8.50. The number of fused-ring (bicyclic) bond motifs is 1. The van der Waals surface area contributed by atoms with E-state index in [1.807, 2.05) is 6.92 Å². The van der Waals surface area contributed by atoms with Crippen molar-refractivity contribution in [1.82, 2.24) is 20.2 Å². The average molecular weight is 253 g/mol. The van der Waals surface area contributed by atoms with Crippen LogP contribution < -0.4 is 5.32 Å². The molecule has 0 aliphatic rings. The van der Waals surface area contributed by atoms with Gasteiger partial charge in [-0.1, -0.05) is 6.07 Å². The van der Waals surface area contributed by atoms with Crippen molar-refractivity contribution < 1.29 is 0 Å². The van der Waals surface area contributed by atoms with E-state index in [0.29, 0.717) is 0 Å². The first-order valence-corrected chi connectivity index (χ1v) is 6.14. The fraction of sp³-hybridized carbons (Fsp3) is 0.214. The van der Waals surface area contributed by atoms with Gasteiger partial charge in [0, 0.05) is 5.69 Å². The molecule has 0 spiro atoms. The fourth-order valence-electron chi connectivity index (χ4n) is 2.23. The van der Waals surface area contributed by atoms with E-state index in [1.165, 1.54) is 11.1 Å². The molecule has 2 aromatic heterocycles. The maximum Gasteiger partial charge on any atom is 0.162 e. The van der Waals surface area contributed by atoms with E-state index in [2.05, 4.69) is 57.5 Å². The normalized spacial score (nSPS) is 10.9. The van der Waals surface area contributed by atoms with Gasteiger partial charge >= 0.3 is 0 Å². The number of aromatic amines is 1. The van der Waals surface area contributed by atoms with Gasteiger partial charge in [-0.25, -0.2) is 9.97 Å². The standard InChI is InChI=1S/C14H15N5/c1-8-4-9(2)6-11(5-8)17-14-13-12(15-7-16-14)10(3)18-19-13/h4-7H,1-3H3,(H,18,19)(H,15,16,17). The van der Waals surface area contributed by atoms with Crippen molar-refractivity contribution in [2.75, 3.05) is 5.32 Å². The van der Waals surface area contributed by atoms with Crippen molar-refractivity contribution in [3.63, 3.8) is 0 Å². The van der Waals surface area contributed by atoms with Crippen molar-refractivity contribution >= 4 is 22.5 Å². The number of H-pyrrole nitrogens is 1. The molecule has 0 amide bonds. The number of nitrogens with one attached hydrogen (secondary N) is 2. The van der Waals surface area contributed by atoms with Gasteiger partial charge in [0.05, 0.1) is 5.69 Å². The second kappa shape index (κ2) is 4.35. The minimum absolute atomic E-state index is 0.722. The van der Waals surface area contributed by atoms with Crippen molar-refractivity contribution in [1.29, 1.82) is 0 Å². The van der Waals surface area contributed by atoms with Gasteiger partial charge in [-0.05, 0) is 44.0 Å². The zero-order chi connectivity index (χ0) is 13.4. The minimum atomic E-state index is 0.722. The van der Waals surface area contributed by atoms with Gasteiger partial charge in [0.25, 0.3) is 0 Å². The molecule has 0 fully saturated rings. The number of rotatable bonds is 2. The molecule has 3 rings (SSSR count). The Labute approximate surface area is 111 Å². The van der Waals surface area contributed by atoms with Crippen LogP contribution in [0.5, 0.6) is 0 Å². The molecule has 2 N–H and O–H groups in total. The summed E-state index contributed by atoms with van der Waals surface area (Å²) in [5.41, 5.74) is 6.00. The largest absolute Gasteiger partial charge is 0.338 e. The van der Waals surface area contributed by atoms with Crippen LogP contribution in [0.1, 0.15) is 16.8 Å². The summed E-state index contributed by atoms with van der Waals surface area (Å²) in [7, 11) is 0. The van der Waals surface area contributed by atoms with E-state index in [4.69, 9.17) is 0 Å². The molecule has 0 saturated carbocycles. The van der Waals surface area contributed by atoms with Gasteiger partial charge in [-0.2, -0.15) is 5.10 Å². The summed E-state index contributed by atoms with van der Waals surface area (Å²) in [6.07, 6.45) is 1.55. The van der Waals surface area contributed by atoms with Gasteiger partial charge in [0.15, 0.2) is 11.3 Å². The van der Waals surface area contributed by atoms with E-state index in [1.54, 1.807) is 6.33 Å². The molecule has 0 atom stereocenters. The minimum Gasteiger partial charge on any atom is -0.338 e. The molecule has 0 unspecified atom stereocenters. The van der Waals surface area contributed by atoms with Crippen LogP contribution in [-0.4, -0.2) is 20.2 Å². The third-order valence-electron chi connectivity index (χ3n) is 3.00. The predicted octanol–water partition coefficient (Wildman–Crippen LogP) is 3.02. The van der Waals surface area contributed by atoms with Crippen molar-refractivity contribution in [2.45, 2.75) is 20.8 Å². The smallest absolute Gasteiger partial charge is 0.162 e. The van der Waals surface area contributed by atoms with E-state index in [9.17, 15) is 0 Å². The molecule has 0 aliphatic carbocycles. The van der Waals surface area contributed by atoms with Crippen LogP contribution in [0.3, 0.4) is 0 Å². The topological polar surface area (TPSA) is 66.5 Å². The summed E-state index contributed by atoms with van der Waals surface area (Å²) < 4.78 is 0. The van der Waals surface area contributed by atoms with E-state index in [-0.39, 0.29) is 0 Å². The molecule has 0 aliphatic heterocycles. The zero-order valence-corrected chi connectivity index (χ0v) is 11.2. The molecule has 0 saturated heterocycles. The summed E-state index contributed by atoms with van der Waals surface area (Å²) in [5, 5.41) is 10.5. The molecule has 1 aromatic carbocycles. The second-order valence-electron chi connectivity index (χ2n) is 4.77. The predicted molar refractivity (Wildman–Crippen MR) is 75.6 cm³/mol. The molecule has 96 valence electrons. The maximum absolute atomic E-state index is 4.27. The Morgan fingerprint density at radius 3 is 2.42 bits per heavy atom. The monoisotopic (exact) mass is 253 g/mol. The number of anilines is 2. The molecule has 19 heavy (non-hydrogen) atoms. The highest BCUT2D eigenvalue weighted by Crippen LogP contribution is 2.23. The number of hydrogen-bond donors (Lipinski definition) is 2. The Hall–Kier alpha value is -2.43. The third kappa shape index (κ3) is 2.14. The molecular weight excluding hydrogens is 238 g/mol. The number of aryl methyl sites for hydroxylation is 3. The molecule has 5 nitrogen and oxygen atoms in total. The summed E-state index contributed by atoms with van der Waals surface area (Å²) in [5.74, 6) is 0.722. The van der Waals surface area contributed by atoms with E-state index < -0.39 is 0 Å². The van der Waals surface area contributed by atoms with Crippen LogP contribution >= 0.6 is 0 Å². The second-order valence-corrected chi connectivity index (χ2v) is 4.77. The average Bonchev–Trinajstić information content (AvgIpc) is 2.71. The first-order chi connectivity index (χ1) is 9.13. The van der Waals surface area contributed by atoms with Crippen LogP contribution in [0.25, 0.3) is 11.0 Å². The highest BCUT2D eigenvalue weighted by atomic mass is 15.2. The fourth-order valence-corrected chi connectivity index (χ4v) is 2.23. The van der Waals surface area contributed by atoms with Crippen molar-refractivity contribution in [2.24, 2.45) is 0 Å². The highest BCUT2D eigenvalue weighted by molar-refractivity contribution is 5.88. The van der Waals surface area contributed by atoms with Crippen LogP contribution in [0.4, 0.5) is 11.5 Å². The Morgan fingerprint density at radius 1 is 0.947 bits per heavy atom. The van der Waals surface area contributed by atoms with Gasteiger partial charge in [0.2, 0.25) is 0 Å². The first-order valence-electron chi connectivity index (χ1n) is 6.14. The Morgan fingerprint density at radius 2 is 1.68 bits per heavy atom.